The highest BCUT2D eigenvalue weighted by molar-refractivity contribution is 7.71. The summed E-state index contributed by atoms with van der Waals surface area (Å²) in [6, 6.07) is 11.1. The minimum absolute atomic E-state index is 0.0231. The summed E-state index contributed by atoms with van der Waals surface area (Å²) in [5, 5.41) is 18.4. The molecule has 0 aliphatic heterocycles. The molecule has 0 bridgehead atoms. The fourth-order valence-corrected chi connectivity index (χ4v) is 4.26. The Balaban J connectivity index is 1.36. The molecular weight excluding hydrogens is 528 g/mol. The molecule has 0 aliphatic rings. The SMILES string of the molecule is Cc1cc(CNC(=O)c2cc(C(=O)NCc3ccc4oc(=O)n(C)c4c3)nc3noc(=S)n23)ccc1C(=O)O. The number of carboxylic acids is 1. The average Bonchev–Trinajstić information content (AvgIpc) is 3.43. The summed E-state index contributed by atoms with van der Waals surface area (Å²) in [4.78, 5) is 53.1. The molecule has 198 valence electrons. The number of aromatic nitrogens is 4. The normalized spacial score (nSPS) is 11.1. The highest BCUT2D eigenvalue weighted by atomic mass is 32.1. The number of nitrogens with zero attached hydrogens (tertiary/aromatic N) is 4. The monoisotopic (exact) mass is 548 g/mol. The van der Waals surface area contributed by atoms with Crippen LogP contribution in [-0.4, -0.2) is 42.0 Å². The van der Waals surface area contributed by atoms with Crippen molar-refractivity contribution in [1.29, 1.82) is 0 Å². The topological polar surface area (TPSA) is 174 Å². The van der Waals surface area contributed by atoms with Crippen molar-refractivity contribution in [2.45, 2.75) is 20.0 Å². The molecule has 0 radical (unpaired) electrons. The Hall–Kier alpha value is -5.11. The van der Waals surface area contributed by atoms with Gasteiger partial charge in [0.1, 0.15) is 11.4 Å². The van der Waals surface area contributed by atoms with Gasteiger partial charge in [0.05, 0.1) is 11.1 Å². The Kier molecular flexibility index (Phi) is 6.54. The Bertz CT molecular complexity index is 1920. The minimum atomic E-state index is -1.04. The van der Waals surface area contributed by atoms with E-state index >= 15 is 0 Å². The van der Waals surface area contributed by atoms with Crippen LogP contribution in [0.2, 0.25) is 0 Å². The molecule has 0 unspecified atom stereocenters. The van der Waals surface area contributed by atoms with E-state index < -0.39 is 23.5 Å². The van der Waals surface area contributed by atoms with E-state index in [0.29, 0.717) is 27.8 Å². The lowest BCUT2D eigenvalue weighted by Crippen LogP contribution is -2.28. The van der Waals surface area contributed by atoms with Gasteiger partial charge in [-0.1, -0.05) is 18.2 Å². The zero-order chi connectivity index (χ0) is 27.8. The van der Waals surface area contributed by atoms with Gasteiger partial charge in [0, 0.05) is 20.1 Å². The summed E-state index contributed by atoms with van der Waals surface area (Å²) < 4.78 is 12.7. The van der Waals surface area contributed by atoms with Crippen LogP contribution >= 0.6 is 12.2 Å². The lowest BCUT2D eigenvalue weighted by Gasteiger charge is -2.10. The first-order valence-corrected chi connectivity index (χ1v) is 11.9. The molecular formula is C25H20N6O7S. The Labute approximate surface area is 223 Å². The lowest BCUT2D eigenvalue weighted by molar-refractivity contribution is 0.0695. The maximum Gasteiger partial charge on any atom is 0.419 e. The third-order valence-electron chi connectivity index (χ3n) is 6.07. The van der Waals surface area contributed by atoms with Crippen molar-refractivity contribution in [3.8, 4) is 0 Å². The van der Waals surface area contributed by atoms with Crippen LogP contribution in [0, 0.1) is 11.8 Å². The number of carbonyl (C=O) groups is 3. The first-order chi connectivity index (χ1) is 18.6. The summed E-state index contributed by atoms with van der Waals surface area (Å²) in [6.07, 6.45) is 0. The number of hydrogen-bond donors (Lipinski definition) is 3. The van der Waals surface area contributed by atoms with Crippen molar-refractivity contribution >= 4 is 46.9 Å². The largest absolute Gasteiger partial charge is 0.478 e. The Morgan fingerprint density at radius 3 is 2.44 bits per heavy atom. The molecule has 5 rings (SSSR count). The number of benzene rings is 2. The highest BCUT2D eigenvalue weighted by Crippen LogP contribution is 2.15. The number of rotatable bonds is 7. The van der Waals surface area contributed by atoms with Gasteiger partial charge in [0.2, 0.25) is 0 Å². The molecule has 2 aromatic carbocycles. The Morgan fingerprint density at radius 2 is 1.72 bits per heavy atom. The zero-order valence-corrected chi connectivity index (χ0v) is 21.4. The van der Waals surface area contributed by atoms with Gasteiger partial charge in [0.25, 0.3) is 17.6 Å². The second-order valence-corrected chi connectivity index (χ2v) is 9.01. The number of carboxylic acid groups (broad SMARTS) is 1. The fraction of sp³-hybridized carbons (Fsp3) is 0.160. The number of amides is 2. The molecule has 5 aromatic rings. The summed E-state index contributed by atoms with van der Waals surface area (Å²) in [5.41, 5.74) is 2.99. The molecule has 0 aliphatic carbocycles. The van der Waals surface area contributed by atoms with Crippen LogP contribution in [0.1, 0.15) is 48.0 Å². The first kappa shape index (κ1) is 25.5. The third kappa shape index (κ3) is 4.92. The van der Waals surface area contributed by atoms with E-state index in [1.54, 1.807) is 44.3 Å². The molecule has 0 saturated carbocycles. The second-order valence-electron chi connectivity index (χ2n) is 8.66. The summed E-state index contributed by atoms with van der Waals surface area (Å²) in [6.45, 7) is 1.86. The highest BCUT2D eigenvalue weighted by Gasteiger charge is 2.20. The molecule has 0 saturated heterocycles. The molecule has 3 heterocycles. The fourth-order valence-electron chi connectivity index (χ4n) is 4.04. The zero-order valence-electron chi connectivity index (χ0n) is 20.5. The van der Waals surface area contributed by atoms with Gasteiger partial charge in [0.15, 0.2) is 5.58 Å². The van der Waals surface area contributed by atoms with Crippen molar-refractivity contribution < 1.29 is 28.4 Å². The van der Waals surface area contributed by atoms with Crippen molar-refractivity contribution in [3.05, 3.63) is 91.5 Å². The average molecular weight is 549 g/mol. The lowest BCUT2D eigenvalue weighted by atomic mass is 10.1. The van der Waals surface area contributed by atoms with Crippen LogP contribution in [0.4, 0.5) is 0 Å². The Morgan fingerprint density at radius 1 is 1.03 bits per heavy atom. The molecule has 3 aromatic heterocycles. The molecule has 0 fully saturated rings. The van der Waals surface area contributed by atoms with Gasteiger partial charge in [-0.2, -0.15) is 0 Å². The van der Waals surface area contributed by atoms with Crippen LogP contribution < -0.4 is 16.4 Å². The maximum atomic E-state index is 13.1. The molecule has 2 amide bonds. The smallest absolute Gasteiger partial charge is 0.419 e. The number of oxazole rings is 1. The molecule has 0 spiro atoms. The predicted octanol–water partition coefficient (Wildman–Crippen LogP) is 2.36. The van der Waals surface area contributed by atoms with E-state index in [9.17, 15) is 24.3 Å². The number of aromatic carboxylic acids is 1. The summed E-state index contributed by atoms with van der Waals surface area (Å²) >= 11 is 5.13. The quantitative estimate of drug-likeness (QED) is 0.256. The molecule has 39 heavy (non-hydrogen) atoms. The number of aryl methyl sites for hydroxylation is 2. The molecule has 3 N–H and O–H groups in total. The number of fused-ring (bicyclic) bond motifs is 2. The third-order valence-corrected chi connectivity index (χ3v) is 6.33. The summed E-state index contributed by atoms with van der Waals surface area (Å²) in [7, 11) is 1.58. The van der Waals surface area contributed by atoms with Gasteiger partial charge in [-0.05, 0) is 65.3 Å². The van der Waals surface area contributed by atoms with Crippen LogP contribution in [-0.2, 0) is 20.1 Å². The molecule has 0 atom stereocenters. The number of nitrogens with one attached hydrogen (secondary N) is 2. The van der Waals surface area contributed by atoms with Crippen molar-refractivity contribution in [2.24, 2.45) is 7.05 Å². The van der Waals surface area contributed by atoms with Crippen LogP contribution in [0.15, 0.2) is 56.2 Å². The molecule has 13 nitrogen and oxygen atoms in total. The standard InChI is InChI=1S/C25H20N6O7S/c1-12-7-13(3-5-15(12)22(34)35)10-27-21(33)18-9-16(28-23-29-38-25(39)31(18)23)20(32)26-11-14-4-6-19-17(8-14)30(2)24(36)37-19/h3-9H,10-11H2,1-2H3,(H,26,32)(H,27,33)(H,34,35). The van der Waals surface area contributed by atoms with E-state index in [1.165, 1.54) is 21.1 Å². The van der Waals surface area contributed by atoms with E-state index in [4.69, 9.17) is 21.2 Å². The molecule has 14 heteroatoms. The van der Waals surface area contributed by atoms with Gasteiger partial charge < -0.3 is 24.7 Å². The van der Waals surface area contributed by atoms with Gasteiger partial charge >= 0.3 is 16.6 Å². The van der Waals surface area contributed by atoms with Crippen molar-refractivity contribution in [3.63, 3.8) is 0 Å². The van der Waals surface area contributed by atoms with Gasteiger partial charge in [-0.25, -0.2) is 19.0 Å². The van der Waals surface area contributed by atoms with Crippen LogP contribution in [0.25, 0.3) is 16.9 Å². The van der Waals surface area contributed by atoms with Crippen LogP contribution in [0.3, 0.4) is 0 Å². The van der Waals surface area contributed by atoms with Crippen LogP contribution in [0.5, 0.6) is 0 Å². The second kappa shape index (κ2) is 9.98. The maximum absolute atomic E-state index is 13.1. The predicted molar refractivity (Wildman–Crippen MR) is 138 cm³/mol. The van der Waals surface area contributed by atoms with E-state index in [0.717, 1.165) is 0 Å². The first-order valence-electron chi connectivity index (χ1n) is 11.5. The minimum Gasteiger partial charge on any atom is -0.478 e. The van der Waals surface area contributed by atoms with E-state index in [1.807, 2.05) is 0 Å². The van der Waals surface area contributed by atoms with Gasteiger partial charge in [-0.3, -0.25) is 14.2 Å². The number of hydrogen-bond acceptors (Lipinski definition) is 9. The van der Waals surface area contributed by atoms with E-state index in [-0.39, 0.29) is 40.7 Å². The number of carbonyl (C=O) groups excluding carboxylic acids is 2. The summed E-state index contributed by atoms with van der Waals surface area (Å²) in [5.74, 6) is -2.77. The van der Waals surface area contributed by atoms with Gasteiger partial charge in [-0.15, -0.1) is 0 Å². The van der Waals surface area contributed by atoms with Crippen molar-refractivity contribution in [2.75, 3.05) is 0 Å². The van der Waals surface area contributed by atoms with Crippen molar-refractivity contribution in [1.82, 2.24) is 29.7 Å². The van der Waals surface area contributed by atoms with E-state index in [2.05, 4.69) is 20.8 Å².